The second kappa shape index (κ2) is 8.06. The summed E-state index contributed by atoms with van der Waals surface area (Å²) >= 11 is 7.72. The van der Waals surface area contributed by atoms with Crippen LogP contribution < -0.4 is 15.4 Å². The van der Waals surface area contributed by atoms with Gasteiger partial charge in [-0.15, -0.1) is 11.3 Å². The fourth-order valence-corrected chi connectivity index (χ4v) is 3.02. The van der Waals surface area contributed by atoms with Crippen molar-refractivity contribution in [2.45, 2.75) is 20.0 Å². The number of guanidine groups is 1. The van der Waals surface area contributed by atoms with Crippen LogP contribution in [0.1, 0.15) is 16.0 Å². The molecule has 0 saturated carbocycles. The normalized spacial score (nSPS) is 11.4. The van der Waals surface area contributed by atoms with Crippen LogP contribution in [0.3, 0.4) is 0 Å². The number of hydrogen-bond donors (Lipinski definition) is 2. The van der Waals surface area contributed by atoms with Crippen molar-refractivity contribution in [1.82, 2.24) is 10.6 Å². The number of aliphatic imine (C=N–C) groups is 1. The van der Waals surface area contributed by atoms with Crippen molar-refractivity contribution >= 4 is 28.9 Å². The summed E-state index contributed by atoms with van der Waals surface area (Å²) in [5.74, 6) is 1.52. The topological polar surface area (TPSA) is 45.7 Å². The average molecular weight is 338 g/mol. The lowest BCUT2D eigenvalue weighted by atomic mass is 10.2. The Labute approximate surface area is 140 Å². The van der Waals surface area contributed by atoms with Crippen molar-refractivity contribution in [3.63, 3.8) is 0 Å². The molecule has 2 rings (SSSR count). The quantitative estimate of drug-likeness (QED) is 0.647. The molecule has 2 N–H and O–H groups in total. The van der Waals surface area contributed by atoms with Crippen LogP contribution in [0.4, 0.5) is 0 Å². The number of aryl methyl sites for hydroxylation is 1. The van der Waals surface area contributed by atoms with Crippen molar-refractivity contribution in [3.8, 4) is 5.75 Å². The SMILES string of the molecule is CN=C(NCc1ccc(Cl)cc1OC)NCc1sccc1C. The molecule has 0 unspecified atom stereocenters. The number of nitrogens with one attached hydrogen (secondary N) is 2. The number of hydrogen-bond acceptors (Lipinski definition) is 3. The molecular formula is C16H20ClN3OS. The molecule has 0 spiro atoms. The van der Waals surface area contributed by atoms with E-state index in [1.807, 2.05) is 18.2 Å². The van der Waals surface area contributed by atoms with Gasteiger partial charge in [0, 0.05) is 29.1 Å². The van der Waals surface area contributed by atoms with Gasteiger partial charge in [0.15, 0.2) is 5.96 Å². The molecule has 22 heavy (non-hydrogen) atoms. The van der Waals surface area contributed by atoms with Crippen LogP contribution in [-0.4, -0.2) is 20.1 Å². The molecule has 0 bridgehead atoms. The summed E-state index contributed by atoms with van der Waals surface area (Å²) in [6.07, 6.45) is 0. The summed E-state index contributed by atoms with van der Waals surface area (Å²) in [4.78, 5) is 5.55. The minimum absolute atomic E-state index is 0.615. The van der Waals surface area contributed by atoms with Gasteiger partial charge in [-0.2, -0.15) is 0 Å². The van der Waals surface area contributed by atoms with Crippen LogP contribution in [0.2, 0.25) is 5.02 Å². The predicted molar refractivity (Wildman–Crippen MR) is 94.1 cm³/mol. The van der Waals surface area contributed by atoms with E-state index < -0.39 is 0 Å². The lowest BCUT2D eigenvalue weighted by molar-refractivity contribution is 0.409. The Hall–Kier alpha value is -1.72. The molecule has 0 fully saturated rings. The average Bonchev–Trinajstić information content (AvgIpc) is 2.93. The summed E-state index contributed by atoms with van der Waals surface area (Å²) in [5, 5.41) is 9.36. The molecule has 1 heterocycles. The second-order valence-corrected chi connectivity index (χ2v) is 6.20. The zero-order chi connectivity index (χ0) is 15.9. The van der Waals surface area contributed by atoms with E-state index in [-0.39, 0.29) is 0 Å². The van der Waals surface area contributed by atoms with Crippen LogP contribution in [0.15, 0.2) is 34.6 Å². The third kappa shape index (κ3) is 4.39. The molecule has 0 atom stereocenters. The van der Waals surface area contributed by atoms with Crippen LogP contribution in [0.25, 0.3) is 0 Å². The number of methoxy groups -OCH3 is 1. The van der Waals surface area contributed by atoms with E-state index in [0.717, 1.165) is 23.8 Å². The van der Waals surface area contributed by atoms with Gasteiger partial charge in [0.2, 0.25) is 0 Å². The van der Waals surface area contributed by atoms with E-state index in [0.29, 0.717) is 11.6 Å². The lowest BCUT2D eigenvalue weighted by Crippen LogP contribution is -2.36. The van der Waals surface area contributed by atoms with Crippen molar-refractivity contribution < 1.29 is 4.74 Å². The van der Waals surface area contributed by atoms with Crippen LogP contribution in [-0.2, 0) is 13.1 Å². The van der Waals surface area contributed by atoms with E-state index in [4.69, 9.17) is 16.3 Å². The van der Waals surface area contributed by atoms with Gasteiger partial charge in [-0.05, 0) is 36.1 Å². The number of nitrogens with zero attached hydrogens (tertiary/aromatic N) is 1. The van der Waals surface area contributed by atoms with Crippen LogP contribution in [0, 0.1) is 6.92 Å². The monoisotopic (exact) mass is 337 g/mol. The standard InChI is InChI=1S/C16H20ClN3OS/c1-11-6-7-22-15(11)10-20-16(18-2)19-9-12-4-5-13(17)8-14(12)21-3/h4-8H,9-10H2,1-3H3,(H2,18,19,20). The molecule has 0 aliphatic heterocycles. The highest BCUT2D eigenvalue weighted by Crippen LogP contribution is 2.22. The Morgan fingerprint density at radius 1 is 1.27 bits per heavy atom. The molecule has 6 heteroatoms. The first-order chi connectivity index (χ1) is 10.6. The first kappa shape index (κ1) is 16.6. The first-order valence-corrected chi connectivity index (χ1v) is 8.19. The molecule has 0 amide bonds. The smallest absolute Gasteiger partial charge is 0.191 e. The molecule has 118 valence electrons. The molecule has 1 aromatic heterocycles. The van der Waals surface area contributed by atoms with Crippen molar-refractivity contribution in [1.29, 1.82) is 0 Å². The predicted octanol–water partition coefficient (Wildman–Crippen LogP) is 3.58. The summed E-state index contributed by atoms with van der Waals surface area (Å²) in [6.45, 7) is 3.49. The zero-order valence-electron chi connectivity index (χ0n) is 12.9. The summed E-state index contributed by atoms with van der Waals surface area (Å²) < 4.78 is 5.34. The Balaban J connectivity index is 1.93. The van der Waals surface area contributed by atoms with Crippen molar-refractivity contribution in [2.24, 2.45) is 4.99 Å². The van der Waals surface area contributed by atoms with Gasteiger partial charge in [-0.3, -0.25) is 4.99 Å². The number of ether oxygens (including phenoxy) is 1. The van der Waals surface area contributed by atoms with Crippen LogP contribution >= 0.6 is 22.9 Å². The summed E-state index contributed by atoms with van der Waals surface area (Å²) in [5.41, 5.74) is 2.33. The molecule has 1 aromatic carbocycles. The first-order valence-electron chi connectivity index (χ1n) is 6.94. The third-order valence-corrected chi connectivity index (χ3v) is 4.56. The van der Waals surface area contributed by atoms with Crippen molar-refractivity contribution in [3.05, 3.63) is 50.7 Å². The lowest BCUT2D eigenvalue weighted by Gasteiger charge is -2.14. The molecule has 0 saturated heterocycles. The molecule has 4 nitrogen and oxygen atoms in total. The number of benzene rings is 1. The van der Waals surface area contributed by atoms with E-state index in [2.05, 4.69) is 34.0 Å². The maximum absolute atomic E-state index is 5.97. The van der Waals surface area contributed by atoms with Gasteiger partial charge in [0.25, 0.3) is 0 Å². The van der Waals surface area contributed by atoms with E-state index in [1.54, 1.807) is 25.5 Å². The number of thiophene rings is 1. The molecule has 0 radical (unpaired) electrons. The Kier molecular flexibility index (Phi) is 6.10. The van der Waals surface area contributed by atoms with Gasteiger partial charge < -0.3 is 15.4 Å². The maximum atomic E-state index is 5.97. The largest absolute Gasteiger partial charge is 0.496 e. The third-order valence-electron chi connectivity index (χ3n) is 3.30. The Morgan fingerprint density at radius 3 is 2.68 bits per heavy atom. The van der Waals surface area contributed by atoms with Gasteiger partial charge in [0.05, 0.1) is 13.7 Å². The molecular weight excluding hydrogens is 318 g/mol. The fourth-order valence-electron chi connectivity index (χ4n) is 2.01. The highest BCUT2D eigenvalue weighted by molar-refractivity contribution is 7.10. The van der Waals surface area contributed by atoms with Gasteiger partial charge in [-0.1, -0.05) is 17.7 Å². The summed E-state index contributed by atoms with van der Waals surface area (Å²) in [7, 11) is 3.40. The highest BCUT2D eigenvalue weighted by Gasteiger charge is 2.06. The molecule has 0 aliphatic rings. The van der Waals surface area contributed by atoms with Crippen molar-refractivity contribution in [2.75, 3.05) is 14.2 Å². The number of halogens is 1. The summed E-state index contributed by atoms with van der Waals surface area (Å²) in [6, 6.07) is 7.73. The van der Waals surface area contributed by atoms with Crippen LogP contribution in [0.5, 0.6) is 5.75 Å². The fraction of sp³-hybridized carbons (Fsp3) is 0.312. The highest BCUT2D eigenvalue weighted by atomic mass is 35.5. The van der Waals surface area contributed by atoms with E-state index in [1.165, 1.54) is 10.4 Å². The molecule has 2 aromatic rings. The number of rotatable bonds is 5. The Morgan fingerprint density at radius 2 is 2.05 bits per heavy atom. The maximum Gasteiger partial charge on any atom is 0.191 e. The molecule has 0 aliphatic carbocycles. The van der Waals surface area contributed by atoms with E-state index in [9.17, 15) is 0 Å². The minimum atomic E-state index is 0.615. The minimum Gasteiger partial charge on any atom is -0.496 e. The second-order valence-electron chi connectivity index (χ2n) is 4.76. The van der Waals surface area contributed by atoms with E-state index >= 15 is 0 Å². The zero-order valence-corrected chi connectivity index (χ0v) is 14.5. The van der Waals surface area contributed by atoms with Gasteiger partial charge in [0.1, 0.15) is 5.75 Å². The van der Waals surface area contributed by atoms with Gasteiger partial charge in [-0.25, -0.2) is 0 Å². The van der Waals surface area contributed by atoms with Gasteiger partial charge >= 0.3 is 0 Å². The Bertz CT molecular complexity index is 655.